The maximum Gasteiger partial charge on any atom is 0.304 e. The molecule has 66 valence electrons. The number of carboxylic acid groups (broad SMARTS) is 1. The van der Waals surface area contributed by atoms with Crippen LogP contribution in [0.25, 0.3) is 0 Å². The molecule has 0 bridgehead atoms. The molecule has 0 fully saturated rings. The van der Waals surface area contributed by atoms with Gasteiger partial charge in [-0.1, -0.05) is 6.92 Å². The Bertz CT molecular complexity index is 282. The van der Waals surface area contributed by atoms with Crippen molar-refractivity contribution in [2.45, 2.75) is 19.3 Å². The van der Waals surface area contributed by atoms with Crippen LogP contribution in [0.4, 0.5) is 5.95 Å². The number of anilines is 1. The standard InChI is InChI=1S/C7H11N3O2/c1-4(2-6(11)12)5-3-9-7(8)10-5/h3-4H,2H2,1H3,(H,11,12)(H3,8,9,10). The van der Waals surface area contributed by atoms with Gasteiger partial charge in [0.15, 0.2) is 5.95 Å². The Morgan fingerprint density at radius 1 is 1.92 bits per heavy atom. The van der Waals surface area contributed by atoms with E-state index in [1.807, 2.05) is 0 Å². The fourth-order valence-electron chi connectivity index (χ4n) is 0.970. The summed E-state index contributed by atoms with van der Waals surface area (Å²) in [5, 5.41) is 8.48. The predicted molar refractivity (Wildman–Crippen MR) is 43.7 cm³/mol. The lowest BCUT2D eigenvalue weighted by molar-refractivity contribution is -0.137. The number of H-pyrrole nitrogens is 1. The number of aromatic nitrogens is 2. The van der Waals surface area contributed by atoms with Crippen molar-refractivity contribution < 1.29 is 9.90 Å². The molecule has 0 saturated carbocycles. The quantitative estimate of drug-likeness (QED) is 0.616. The molecule has 1 aromatic rings. The fourth-order valence-corrected chi connectivity index (χ4v) is 0.970. The van der Waals surface area contributed by atoms with E-state index in [2.05, 4.69) is 9.97 Å². The van der Waals surface area contributed by atoms with Crippen LogP contribution in [0.15, 0.2) is 6.20 Å². The topological polar surface area (TPSA) is 92.0 Å². The van der Waals surface area contributed by atoms with E-state index in [0.29, 0.717) is 11.6 Å². The SMILES string of the molecule is CC(CC(=O)O)c1c[nH]c(N)n1. The van der Waals surface area contributed by atoms with Crippen molar-refractivity contribution in [3.63, 3.8) is 0 Å². The number of rotatable bonds is 3. The third-order valence-corrected chi connectivity index (χ3v) is 1.60. The van der Waals surface area contributed by atoms with Gasteiger partial charge in [0.05, 0.1) is 12.1 Å². The zero-order valence-electron chi connectivity index (χ0n) is 6.74. The molecule has 0 spiro atoms. The summed E-state index contributed by atoms with van der Waals surface area (Å²) in [6, 6.07) is 0. The Kier molecular flexibility index (Phi) is 2.32. The van der Waals surface area contributed by atoms with Gasteiger partial charge in [-0.25, -0.2) is 4.98 Å². The first-order valence-electron chi connectivity index (χ1n) is 3.62. The molecule has 0 amide bonds. The first-order chi connectivity index (χ1) is 5.59. The van der Waals surface area contributed by atoms with Gasteiger partial charge in [-0.2, -0.15) is 0 Å². The van der Waals surface area contributed by atoms with Crippen molar-refractivity contribution >= 4 is 11.9 Å². The molecular formula is C7H11N3O2. The first-order valence-corrected chi connectivity index (χ1v) is 3.62. The summed E-state index contributed by atoms with van der Waals surface area (Å²) < 4.78 is 0. The lowest BCUT2D eigenvalue weighted by atomic mass is 10.1. The van der Waals surface area contributed by atoms with Gasteiger partial charge in [-0.05, 0) is 0 Å². The molecule has 4 N–H and O–H groups in total. The minimum atomic E-state index is -0.830. The monoisotopic (exact) mass is 169 g/mol. The van der Waals surface area contributed by atoms with Crippen molar-refractivity contribution in [3.05, 3.63) is 11.9 Å². The minimum absolute atomic E-state index is 0.0737. The summed E-state index contributed by atoms with van der Waals surface area (Å²) in [6.07, 6.45) is 1.70. The van der Waals surface area contributed by atoms with Gasteiger partial charge < -0.3 is 15.8 Å². The van der Waals surface area contributed by atoms with Crippen LogP contribution in [0.5, 0.6) is 0 Å². The van der Waals surface area contributed by atoms with E-state index < -0.39 is 5.97 Å². The molecule has 1 atom stereocenters. The van der Waals surface area contributed by atoms with Crippen molar-refractivity contribution in [1.29, 1.82) is 0 Å². The van der Waals surface area contributed by atoms with Crippen LogP contribution >= 0.6 is 0 Å². The van der Waals surface area contributed by atoms with E-state index in [1.165, 1.54) is 0 Å². The van der Waals surface area contributed by atoms with E-state index in [0.717, 1.165) is 0 Å². The second kappa shape index (κ2) is 3.25. The number of nitrogen functional groups attached to an aromatic ring is 1. The fraction of sp³-hybridized carbons (Fsp3) is 0.429. The first kappa shape index (κ1) is 8.58. The number of hydrogen-bond acceptors (Lipinski definition) is 3. The summed E-state index contributed by atoms with van der Waals surface area (Å²) in [4.78, 5) is 16.9. The van der Waals surface area contributed by atoms with E-state index in [9.17, 15) is 4.79 Å². The largest absolute Gasteiger partial charge is 0.481 e. The second-order valence-corrected chi connectivity index (χ2v) is 2.71. The van der Waals surface area contributed by atoms with Crippen molar-refractivity contribution in [1.82, 2.24) is 9.97 Å². The van der Waals surface area contributed by atoms with Crippen LogP contribution in [-0.2, 0) is 4.79 Å². The number of hydrogen-bond donors (Lipinski definition) is 3. The van der Waals surface area contributed by atoms with E-state index >= 15 is 0 Å². The van der Waals surface area contributed by atoms with E-state index in [4.69, 9.17) is 10.8 Å². The summed E-state index contributed by atoms with van der Waals surface area (Å²) in [6.45, 7) is 1.80. The van der Waals surface area contributed by atoms with Gasteiger partial charge in [0.2, 0.25) is 0 Å². The number of nitrogens with one attached hydrogen (secondary N) is 1. The highest BCUT2D eigenvalue weighted by molar-refractivity contribution is 5.67. The van der Waals surface area contributed by atoms with Crippen LogP contribution in [0.2, 0.25) is 0 Å². The minimum Gasteiger partial charge on any atom is -0.481 e. The number of nitrogens with zero attached hydrogens (tertiary/aromatic N) is 1. The van der Waals surface area contributed by atoms with Gasteiger partial charge in [0, 0.05) is 12.1 Å². The molecule has 1 aromatic heterocycles. The lowest BCUT2D eigenvalue weighted by Crippen LogP contribution is -2.03. The normalized spacial score (nSPS) is 12.8. The zero-order valence-corrected chi connectivity index (χ0v) is 6.74. The smallest absolute Gasteiger partial charge is 0.304 e. The molecule has 0 aliphatic heterocycles. The zero-order chi connectivity index (χ0) is 9.14. The number of nitrogens with two attached hydrogens (primary N) is 1. The Morgan fingerprint density at radius 2 is 2.58 bits per heavy atom. The number of carboxylic acids is 1. The van der Waals surface area contributed by atoms with Gasteiger partial charge in [-0.3, -0.25) is 4.79 Å². The van der Waals surface area contributed by atoms with Crippen LogP contribution in [-0.4, -0.2) is 21.0 Å². The second-order valence-electron chi connectivity index (χ2n) is 2.71. The molecule has 0 aromatic carbocycles. The van der Waals surface area contributed by atoms with E-state index in [-0.39, 0.29) is 12.3 Å². The summed E-state index contributed by atoms with van der Waals surface area (Å²) in [5.41, 5.74) is 6.02. The molecule has 0 saturated heterocycles. The molecule has 12 heavy (non-hydrogen) atoms. The highest BCUT2D eigenvalue weighted by atomic mass is 16.4. The molecule has 5 heteroatoms. The van der Waals surface area contributed by atoms with Crippen molar-refractivity contribution in [2.75, 3.05) is 5.73 Å². The Balaban J connectivity index is 2.64. The Labute approximate surface area is 69.6 Å². The maximum atomic E-state index is 10.3. The third-order valence-electron chi connectivity index (χ3n) is 1.60. The molecule has 0 aliphatic carbocycles. The third kappa shape index (κ3) is 1.98. The van der Waals surface area contributed by atoms with Gasteiger partial charge >= 0.3 is 5.97 Å². The maximum absolute atomic E-state index is 10.3. The van der Waals surface area contributed by atoms with Gasteiger partial charge in [0.25, 0.3) is 0 Å². The lowest BCUT2D eigenvalue weighted by Gasteiger charge is -2.02. The van der Waals surface area contributed by atoms with Crippen molar-refractivity contribution in [3.8, 4) is 0 Å². The Hall–Kier alpha value is -1.52. The van der Waals surface area contributed by atoms with Crippen LogP contribution in [0, 0.1) is 0 Å². The summed E-state index contributed by atoms with van der Waals surface area (Å²) in [7, 11) is 0. The summed E-state index contributed by atoms with van der Waals surface area (Å²) in [5.74, 6) is -0.609. The molecule has 1 heterocycles. The molecule has 0 aliphatic rings. The highest BCUT2D eigenvalue weighted by Crippen LogP contribution is 2.16. The molecule has 5 nitrogen and oxygen atoms in total. The van der Waals surface area contributed by atoms with Crippen LogP contribution in [0.3, 0.4) is 0 Å². The van der Waals surface area contributed by atoms with Crippen LogP contribution < -0.4 is 5.73 Å². The molecule has 1 unspecified atom stereocenters. The van der Waals surface area contributed by atoms with Gasteiger partial charge in [0.1, 0.15) is 0 Å². The van der Waals surface area contributed by atoms with Gasteiger partial charge in [-0.15, -0.1) is 0 Å². The number of aliphatic carboxylic acids is 1. The van der Waals surface area contributed by atoms with E-state index in [1.54, 1.807) is 13.1 Å². The molecule has 0 radical (unpaired) electrons. The average molecular weight is 169 g/mol. The molecule has 1 rings (SSSR count). The average Bonchev–Trinajstić information content (AvgIpc) is 2.34. The van der Waals surface area contributed by atoms with Crippen LogP contribution in [0.1, 0.15) is 25.0 Å². The Morgan fingerprint density at radius 3 is 3.00 bits per heavy atom. The predicted octanol–water partition coefficient (Wildman–Crippen LogP) is 0.570. The molecular weight excluding hydrogens is 158 g/mol. The number of imidazole rings is 1. The number of aromatic amines is 1. The van der Waals surface area contributed by atoms with Crippen molar-refractivity contribution in [2.24, 2.45) is 0 Å². The summed E-state index contributed by atoms with van der Waals surface area (Å²) >= 11 is 0. The number of carbonyl (C=O) groups is 1. The highest BCUT2D eigenvalue weighted by Gasteiger charge is 2.12.